The first-order valence-electron chi connectivity index (χ1n) is 6.86. The Labute approximate surface area is 114 Å². The molecule has 1 unspecified atom stereocenters. The van der Waals surface area contributed by atoms with Crippen molar-refractivity contribution in [1.82, 2.24) is 0 Å². The maximum atomic E-state index is 12.6. The topological polar surface area (TPSA) is 17.1 Å². The molecule has 1 atom stereocenters. The average Bonchev–Trinajstić information content (AvgIpc) is 2.61. The molecule has 0 saturated carbocycles. The summed E-state index contributed by atoms with van der Waals surface area (Å²) >= 11 is 0. The molecule has 19 heavy (non-hydrogen) atoms. The summed E-state index contributed by atoms with van der Waals surface area (Å²) in [5, 5.41) is 0. The van der Waals surface area contributed by atoms with E-state index in [0.29, 0.717) is 0 Å². The molecule has 2 aromatic carbocycles. The molecule has 0 fully saturated rings. The molecule has 0 amide bonds. The lowest BCUT2D eigenvalue weighted by molar-refractivity contribution is 0.0936. The van der Waals surface area contributed by atoms with Crippen molar-refractivity contribution in [2.45, 2.75) is 19.3 Å². The zero-order valence-electron chi connectivity index (χ0n) is 10.9. The highest BCUT2D eigenvalue weighted by molar-refractivity contribution is 6.00. The standard InChI is InChI=1S/C18H17O/c19-18-16(13-14-7-2-1-3-8-14)11-6-10-15-9-4-5-12-17(15)18/h1-5,7-9,12-13,16H,6,10-11H2. The second kappa shape index (κ2) is 5.40. The van der Waals surface area contributed by atoms with Crippen LogP contribution >= 0.6 is 0 Å². The molecule has 0 bridgehead atoms. The Kier molecular flexibility index (Phi) is 3.45. The Morgan fingerprint density at radius 2 is 1.68 bits per heavy atom. The quantitative estimate of drug-likeness (QED) is 0.733. The van der Waals surface area contributed by atoms with Crippen molar-refractivity contribution < 1.29 is 4.79 Å². The second-order valence-electron chi connectivity index (χ2n) is 5.10. The molecule has 0 heterocycles. The van der Waals surface area contributed by atoms with Crippen molar-refractivity contribution in [2.75, 3.05) is 0 Å². The van der Waals surface area contributed by atoms with Crippen LogP contribution < -0.4 is 0 Å². The third kappa shape index (κ3) is 2.60. The molecule has 0 N–H and O–H groups in total. The van der Waals surface area contributed by atoms with E-state index in [4.69, 9.17) is 0 Å². The normalized spacial score (nSPS) is 18.7. The van der Waals surface area contributed by atoms with Gasteiger partial charge in [-0.25, -0.2) is 0 Å². The first kappa shape index (κ1) is 12.2. The van der Waals surface area contributed by atoms with Crippen molar-refractivity contribution in [2.24, 2.45) is 5.92 Å². The lowest BCUT2D eigenvalue weighted by Gasteiger charge is -2.13. The van der Waals surface area contributed by atoms with Gasteiger partial charge in [-0.05, 0) is 30.4 Å². The van der Waals surface area contributed by atoms with E-state index in [-0.39, 0.29) is 11.7 Å². The minimum Gasteiger partial charge on any atom is -0.294 e. The number of Topliss-reactive ketones (excluding diaryl/α,β-unsaturated/α-hetero) is 1. The maximum absolute atomic E-state index is 12.6. The van der Waals surface area contributed by atoms with Crippen molar-refractivity contribution >= 4 is 5.78 Å². The molecule has 1 nitrogen and oxygen atoms in total. The van der Waals surface area contributed by atoms with Crippen LogP contribution in [0.2, 0.25) is 0 Å². The van der Waals surface area contributed by atoms with E-state index in [1.807, 2.05) is 36.4 Å². The van der Waals surface area contributed by atoms with E-state index in [2.05, 4.69) is 24.6 Å². The highest BCUT2D eigenvalue weighted by Gasteiger charge is 2.25. The number of fused-ring (bicyclic) bond motifs is 1. The number of ketones is 1. The summed E-state index contributed by atoms with van der Waals surface area (Å²) < 4.78 is 0. The number of aryl methyl sites for hydroxylation is 1. The van der Waals surface area contributed by atoms with Gasteiger partial charge >= 0.3 is 0 Å². The molecule has 2 aromatic rings. The molecule has 0 aromatic heterocycles. The van der Waals surface area contributed by atoms with Crippen LogP contribution in [0.4, 0.5) is 0 Å². The Hall–Kier alpha value is -1.89. The van der Waals surface area contributed by atoms with Crippen LogP contribution in [0.1, 0.15) is 34.3 Å². The molecule has 3 rings (SSSR count). The van der Waals surface area contributed by atoms with Crippen LogP contribution in [0.15, 0.2) is 54.6 Å². The molecule has 1 aliphatic carbocycles. The van der Waals surface area contributed by atoms with E-state index in [1.54, 1.807) is 0 Å². The molecular formula is C18H17O. The Balaban J connectivity index is 1.86. The van der Waals surface area contributed by atoms with Gasteiger partial charge in [0.1, 0.15) is 0 Å². The monoisotopic (exact) mass is 249 g/mol. The summed E-state index contributed by atoms with van der Waals surface area (Å²) in [6, 6.07) is 18.2. The van der Waals surface area contributed by atoms with Gasteiger partial charge in [-0.1, -0.05) is 54.6 Å². The summed E-state index contributed by atoms with van der Waals surface area (Å²) in [6.45, 7) is 0. The van der Waals surface area contributed by atoms with Crippen LogP contribution in [0.3, 0.4) is 0 Å². The zero-order valence-corrected chi connectivity index (χ0v) is 10.9. The maximum Gasteiger partial charge on any atom is 0.166 e. The summed E-state index contributed by atoms with van der Waals surface area (Å²) in [5.41, 5.74) is 3.26. The Morgan fingerprint density at radius 3 is 2.53 bits per heavy atom. The van der Waals surface area contributed by atoms with Gasteiger partial charge in [0, 0.05) is 17.9 Å². The van der Waals surface area contributed by atoms with Crippen LogP contribution in [-0.4, -0.2) is 5.78 Å². The van der Waals surface area contributed by atoms with Crippen molar-refractivity contribution in [1.29, 1.82) is 0 Å². The molecule has 0 saturated heterocycles. The van der Waals surface area contributed by atoms with E-state index >= 15 is 0 Å². The van der Waals surface area contributed by atoms with E-state index < -0.39 is 0 Å². The SMILES string of the molecule is O=C1c2ccccc2CCCC1[CH]c1ccccc1. The highest BCUT2D eigenvalue weighted by Crippen LogP contribution is 2.28. The minimum atomic E-state index is 0.0195. The van der Waals surface area contributed by atoms with Gasteiger partial charge in [-0.2, -0.15) is 0 Å². The van der Waals surface area contributed by atoms with Gasteiger partial charge in [-0.3, -0.25) is 4.79 Å². The van der Waals surface area contributed by atoms with Gasteiger partial charge in [0.05, 0.1) is 0 Å². The van der Waals surface area contributed by atoms with E-state index in [0.717, 1.165) is 30.4 Å². The fourth-order valence-corrected chi connectivity index (χ4v) is 2.78. The number of rotatable bonds is 2. The summed E-state index contributed by atoms with van der Waals surface area (Å²) in [7, 11) is 0. The zero-order chi connectivity index (χ0) is 13.1. The van der Waals surface area contributed by atoms with E-state index in [1.165, 1.54) is 5.56 Å². The Morgan fingerprint density at radius 1 is 0.947 bits per heavy atom. The average molecular weight is 249 g/mol. The van der Waals surface area contributed by atoms with Crippen molar-refractivity contribution in [3.05, 3.63) is 77.7 Å². The second-order valence-corrected chi connectivity index (χ2v) is 5.10. The van der Waals surface area contributed by atoms with Crippen LogP contribution in [-0.2, 0) is 6.42 Å². The summed E-state index contributed by atoms with van der Waals surface area (Å²) in [4.78, 5) is 12.6. The Bertz CT molecular complexity index is 571. The summed E-state index contributed by atoms with van der Waals surface area (Å²) in [6.07, 6.45) is 5.16. The molecular weight excluding hydrogens is 232 g/mol. The molecule has 0 aliphatic heterocycles. The molecule has 1 aliphatic rings. The molecule has 1 heteroatoms. The van der Waals surface area contributed by atoms with Crippen molar-refractivity contribution in [3.8, 4) is 0 Å². The number of carbonyl (C=O) groups is 1. The molecule has 95 valence electrons. The van der Waals surface area contributed by atoms with Crippen LogP contribution in [0.5, 0.6) is 0 Å². The first-order chi connectivity index (χ1) is 9.34. The van der Waals surface area contributed by atoms with Crippen molar-refractivity contribution in [3.63, 3.8) is 0 Å². The predicted octanol–water partition coefficient (Wildman–Crippen LogP) is 4.07. The van der Waals surface area contributed by atoms with Crippen LogP contribution in [0.25, 0.3) is 0 Å². The van der Waals surface area contributed by atoms with Gasteiger partial charge < -0.3 is 0 Å². The highest BCUT2D eigenvalue weighted by atomic mass is 16.1. The number of hydrogen-bond acceptors (Lipinski definition) is 1. The van der Waals surface area contributed by atoms with Gasteiger partial charge in [-0.15, -0.1) is 0 Å². The first-order valence-corrected chi connectivity index (χ1v) is 6.86. The number of carbonyl (C=O) groups excluding carboxylic acids is 1. The third-order valence-corrected chi connectivity index (χ3v) is 3.77. The number of benzene rings is 2. The lowest BCUT2D eigenvalue weighted by atomic mass is 9.89. The smallest absolute Gasteiger partial charge is 0.166 e. The van der Waals surface area contributed by atoms with E-state index in [9.17, 15) is 4.79 Å². The van der Waals surface area contributed by atoms with Gasteiger partial charge in [0.25, 0.3) is 0 Å². The fourth-order valence-electron chi connectivity index (χ4n) is 2.78. The fraction of sp³-hybridized carbons (Fsp3) is 0.222. The molecule has 1 radical (unpaired) electrons. The minimum absolute atomic E-state index is 0.0195. The largest absolute Gasteiger partial charge is 0.294 e. The van der Waals surface area contributed by atoms with Crippen LogP contribution in [0, 0.1) is 12.3 Å². The third-order valence-electron chi connectivity index (χ3n) is 3.77. The lowest BCUT2D eigenvalue weighted by Crippen LogP contribution is -2.15. The van der Waals surface area contributed by atoms with Gasteiger partial charge in [0.2, 0.25) is 0 Å². The predicted molar refractivity (Wildman–Crippen MR) is 77.0 cm³/mol. The molecule has 0 spiro atoms. The van der Waals surface area contributed by atoms with Gasteiger partial charge in [0.15, 0.2) is 5.78 Å². The number of hydrogen-bond donors (Lipinski definition) is 0. The summed E-state index contributed by atoms with van der Waals surface area (Å²) in [5.74, 6) is 0.294.